The number of carbonyl (C=O) groups is 1. The van der Waals surface area contributed by atoms with Crippen LogP contribution in [-0.4, -0.2) is 31.6 Å². The second-order valence-corrected chi connectivity index (χ2v) is 7.13. The smallest absolute Gasteiger partial charge is 0.243 e. The molecule has 1 aliphatic rings. The van der Waals surface area contributed by atoms with E-state index in [2.05, 4.69) is 6.92 Å². The summed E-state index contributed by atoms with van der Waals surface area (Å²) in [6.45, 7) is 4.70. The van der Waals surface area contributed by atoms with E-state index in [0.29, 0.717) is 24.6 Å². The zero-order chi connectivity index (χ0) is 14.0. The highest BCUT2D eigenvalue weighted by Gasteiger charge is 2.28. The lowest BCUT2D eigenvalue weighted by atomic mass is 10.0. The van der Waals surface area contributed by atoms with Crippen LogP contribution in [0.4, 0.5) is 0 Å². The lowest BCUT2D eigenvalue weighted by Crippen LogP contribution is -2.39. The number of hydrogen-bond acceptors (Lipinski definition) is 3. The van der Waals surface area contributed by atoms with Gasteiger partial charge in [0.25, 0.3) is 0 Å². The summed E-state index contributed by atoms with van der Waals surface area (Å²) in [7, 11) is -3.42. The van der Waals surface area contributed by atoms with Crippen molar-refractivity contribution in [3.05, 3.63) is 29.8 Å². The molecule has 1 fully saturated rings. The van der Waals surface area contributed by atoms with Crippen molar-refractivity contribution in [3.63, 3.8) is 0 Å². The molecule has 1 aromatic carbocycles. The third-order valence-corrected chi connectivity index (χ3v) is 5.40. The molecule has 0 amide bonds. The van der Waals surface area contributed by atoms with Gasteiger partial charge in [-0.1, -0.05) is 19.1 Å². The number of rotatable bonds is 3. The van der Waals surface area contributed by atoms with Crippen LogP contribution in [0.3, 0.4) is 0 Å². The lowest BCUT2D eigenvalue weighted by molar-refractivity contribution is 0.101. The molecule has 19 heavy (non-hydrogen) atoms. The van der Waals surface area contributed by atoms with Gasteiger partial charge in [0.05, 0.1) is 4.90 Å². The molecule has 1 heterocycles. The molecule has 1 atom stereocenters. The van der Waals surface area contributed by atoms with E-state index in [0.717, 1.165) is 12.8 Å². The molecule has 0 saturated carbocycles. The maximum atomic E-state index is 12.5. The minimum atomic E-state index is -3.42. The zero-order valence-corrected chi connectivity index (χ0v) is 12.1. The zero-order valence-electron chi connectivity index (χ0n) is 11.3. The van der Waals surface area contributed by atoms with Gasteiger partial charge < -0.3 is 0 Å². The van der Waals surface area contributed by atoms with Gasteiger partial charge >= 0.3 is 0 Å². The summed E-state index contributed by atoms with van der Waals surface area (Å²) in [5.74, 6) is 0.343. The summed E-state index contributed by atoms with van der Waals surface area (Å²) in [6.07, 6.45) is 1.99. The normalized spacial score (nSPS) is 21.3. The van der Waals surface area contributed by atoms with Crippen LogP contribution >= 0.6 is 0 Å². The van der Waals surface area contributed by atoms with E-state index in [4.69, 9.17) is 0 Å². The predicted octanol–water partition coefficient (Wildman–Crippen LogP) is 2.31. The first-order valence-corrected chi connectivity index (χ1v) is 7.96. The molecule has 0 unspecified atom stereocenters. The van der Waals surface area contributed by atoms with E-state index in [1.165, 1.54) is 19.1 Å². The third-order valence-electron chi connectivity index (χ3n) is 3.52. The monoisotopic (exact) mass is 281 g/mol. The quantitative estimate of drug-likeness (QED) is 0.799. The molecular weight excluding hydrogens is 262 g/mol. The average molecular weight is 281 g/mol. The number of piperidine rings is 1. The highest BCUT2D eigenvalue weighted by atomic mass is 32.2. The molecule has 2 rings (SSSR count). The van der Waals surface area contributed by atoms with Crippen molar-refractivity contribution in [1.29, 1.82) is 0 Å². The van der Waals surface area contributed by atoms with Gasteiger partial charge in [0.2, 0.25) is 10.0 Å². The molecule has 104 valence electrons. The Kier molecular flexibility index (Phi) is 4.06. The molecule has 5 heteroatoms. The largest absolute Gasteiger partial charge is 0.295 e. The predicted molar refractivity (Wildman–Crippen MR) is 73.6 cm³/mol. The highest BCUT2D eigenvalue weighted by molar-refractivity contribution is 7.89. The van der Waals surface area contributed by atoms with E-state index in [1.54, 1.807) is 16.4 Å². The Bertz CT molecular complexity index is 563. The Morgan fingerprint density at radius 2 is 1.89 bits per heavy atom. The third kappa shape index (κ3) is 3.04. The van der Waals surface area contributed by atoms with Crippen LogP contribution in [-0.2, 0) is 10.0 Å². The van der Waals surface area contributed by atoms with Crippen molar-refractivity contribution in [2.45, 2.75) is 31.6 Å². The number of benzene rings is 1. The molecule has 0 aliphatic carbocycles. The molecule has 0 N–H and O–H groups in total. The van der Waals surface area contributed by atoms with Crippen LogP contribution in [0.2, 0.25) is 0 Å². The van der Waals surface area contributed by atoms with Gasteiger partial charge in [0.1, 0.15) is 0 Å². The van der Waals surface area contributed by atoms with Crippen molar-refractivity contribution >= 4 is 15.8 Å². The summed E-state index contributed by atoms with van der Waals surface area (Å²) in [4.78, 5) is 11.5. The van der Waals surface area contributed by atoms with E-state index >= 15 is 0 Å². The summed E-state index contributed by atoms with van der Waals surface area (Å²) < 4.78 is 26.5. The molecule has 1 saturated heterocycles. The number of sulfonamides is 1. The molecule has 0 radical (unpaired) electrons. The first kappa shape index (κ1) is 14.2. The second-order valence-electron chi connectivity index (χ2n) is 5.19. The van der Waals surface area contributed by atoms with E-state index < -0.39 is 10.0 Å². The maximum Gasteiger partial charge on any atom is 0.243 e. The Labute approximate surface area is 114 Å². The first-order valence-electron chi connectivity index (χ1n) is 6.52. The molecule has 0 aromatic heterocycles. The number of carbonyl (C=O) groups excluding carboxylic acids is 1. The van der Waals surface area contributed by atoms with Gasteiger partial charge in [0.15, 0.2) is 5.78 Å². The van der Waals surface area contributed by atoms with Crippen molar-refractivity contribution in [2.24, 2.45) is 5.92 Å². The molecule has 1 aromatic rings. The molecule has 0 bridgehead atoms. The van der Waals surface area contributed by atoms with Crippen molar-refractivity contribution in [1.82, 2.24) is 4.31 Å². The number of nitrogens with zero attached hydrogens (tertiary/aromatic N) is 1. The van der Waals surface area contributed by atoms with Crippen LogP contribution in [0.1, 0.15) is 37.0 Å². The number of ketones is 1. The van der Waals surface area contributed by atoms with Crippen molar-refractivity contribution in [2.75, 3.05) is 13.1 Å². The van der Waals surface area contributed by atoms with Crippen LogP contribution in [0.5, 0.6) is 0 Å². The first-order chi connectivity index (χ1) is 8.91. The fraction of sp³-hybridized carbons (Fsp3) is 0.500. The van der Waals surface area contributed by atoms with Crippen molar-refractivity contribution in [3.8, 4) is 0 Å². The van der Waals surface area contributed by atoms with Gasteiger partial charge in [-0.25, -0.2) is 8.42 Å². The summed E-state index contributed by atoms with van der Waals surface area (Å²) >= 11 is 0. The van der Waals surface area contributed by atoms with Gasteiger partial charge in [-0.2, -0.15) is 4.31 Å². The summed E-state index contributed by atoms with van der Waals surface area (Å²) in [5.41, 5.74) is 0.533. The van der Waals surface area contributed by atoms with Crippen LogP contribution in [0, 0.1) is 5.92 Å². The highest BCUT2D eigenvalue weighted by Crippen LogP contribution is 2.23. The standard InChI is InChI=1S/C14H19NO3S/c1-11-4-3-9-15(10-11)19(17,18)14-7-5-13(6-8-14)12(2)16/h5-8,11H,3-4,9-10H2,1-2H3/t11-/m0/s1. The van der Waals surface area contributed by atoms with Crippen LogP contribution in [0.25, 0.3) is 0 Å². The molecule has 1 aliphatic heterocycles. The number of hydrogen-bond donors (Lipinski definition) is 0. The van der Waals surface area contributed by atoms with Gasteiger partial charge in [-0.3, -0.25) is 4.79 Å². The molecule has 0 spiro atoms. The second kappa shape index (κ2) is 5.43. The SMILES string of the molecule is CC(=O)c1ccc(S(=O)(=O)N2CCC[C@H](C)C2)cc1. The summed E-state index contributed by atoms with van der Waals surface area (Å²) in [6, 6.07) is 6.18. The van der Waals surface area contributed by atoms with Crippen molar-refractivity contribution < 1.29 is 13.2 Å². The Morgan fingerprint density at radius 3 is 2.42 bits per heavy atom. The van der Waals surface area contributed by atoms with Crippen LogP contribution < -0.4 is 0 Å². The summed E-state index contributed by atoms with van der Waals surface area (Å²) in [5, 5.41) is 0. The average Bonchev–Trinajstić information content (AvgIpc) is 2.39. The fourth-order valence-corrected chi connectivity index (χ4v) is 3.97. The van der Waals surface area contributed by atoms with E-state index in [-0.39, 0.29) is 10.7 Å². The molecule has 4 nitrogen and oxygen atoms in total. The minimum absolute atomic E-state index is 0.0597. The lowest BCUT2D eigenvalue weighted by Gasteiger charge is -2.30. The Hall–Kier alpha value is -1.20. The van der Waals surface area contributed by atoms with E-state index in [1.807, 2.05) is 0 Å². The van der Waals surface area contributed by atoms with Gasteiger partial charge in [-0.15, -0.1) is 0 Å². The maximum absolute atomic E-state index is 12.5. The Balaban J connectivity index is 2.26. The van der Waals surface area contributed by atoms with Gasteiger partial charge in [-0.05, 0) is 37.8 Å². The Morgan fingerprint density at radius 1 is 1.26 bits per heavy atom. The molecular formula is C14H19NO3S. The van der Waals surface area contributed by atoms with Crippen LogP contribution in [0.15, 0.2) is 29.2 Å². The fourth-order valence-electron chi connectivity index (χ4n) is 2.38. The topological polar surface area (TPSA) is 54.5 Å². The van der Waals surface area contributed by atoms with E-state index in [9.17, 15) is 13.2 Å². The minimum Gasteiger partial charge on any atom is -0.295 e. The van der Waals surface area contributed by atoms with Gasteiger partial charge in [0, 0.05) is 18.7 Å². The number of Topliss-reactive ketones (excluding diaryl/α,β-unsaturated/α-hetero) is 1.